The van der Waals surface area contributed by atoms with Gasteiger partial charge in [-0.15, -0.1) is 0 Å². The van der Waals surface area contributed by atoms with Crippen molar-refractivity contribution in [1.29, 1.82) is 5.26 Å². The van der Waals surface area contributed by atoms with Crippen molar-refractivity contribution in [2.45, 2.75) is 44.6 Å². The molecule has 0 heterocycles. The van der Waals surface area contributed by atoms with Gasteiger partial charge in [0.15, 0.2) is 0 Å². The Labute approximate surface area is 103 Å². The lowest BCUT2D eigenvalue weighted by Gasteiger charge is -2.25. The van der Waals surface area contributed by atoms with Crippen LogP contribution in [0.25, 0.3) is 0 Å². The van der Waals surface area contributed by atoms with E-state index in [1.165, 1.54) is 25.7 Å². The molecule has 0 radical (unpaired) electrons. The number of rotatable bonds is 6. The van der Waals surface area contributed by atoms with Gasteiger partial charge in [-0.2, -0.15) is 5.26 Å². The van der Waals surface area contributed by atoms with Gasteiger partial charge in [0.1, 0.15) is 0 Å². The van der Waals surface area contributed by atoms with Crippen LogP contribution in [-0.4, -0.2) is 36.5 Å². The predicted molar refractivity (Wildman–Crippen MR) is 65.2 cm³/mol. The monoisotopic (exact) mass is 235 g/mol. The SMILES string of the molecule is N#CCN(CC(=O)NCC1CC1)C1CCCC1. The van der Waals surface area contributed by atoms with Gasteiger partial charge in [-0.05, 0) is 31.6 Å². The lowest BCUT2D eigenvalue weighted by Crippen LogP contribution is -2.42. The lowest BCUT2D eigenvalue weighted by atomic mass is 10.2. The fourth-order valence-corrected chi connectivity index (χ4v) is 2.49. The average molecular weight is 235 g/mol. The summed E-state index contributed by atoms with van der Waals surface area (Å²) in [5, 5.41) is 11.8. The summed E-state index contributed by atoms with van der Waals surface area (Å²) >= 11 is 0. The minimum absolute atomic E-state index is 0.0825. The highest BCUT2D eigenvalue weighted by Gasteiger charge is 2.25. The molecule has 0 spiro atoms. The Hall–Kier alpha value is -1.08. The van der Waals surface area contributed by atoms with Crippen molar-refractivity contribution in [2.75, 3.05) is 19.6 Å². The van der Waals surface area contributed by atoms with Crippen LogP contribution in [0.1, 0.15) is 38.5 Å². The van der Waals surface area contributed by atoms with E-state index in [1.54, 1.807) is 0 Å². The standard InChI is InChI=1S/C13H21N3O/c14-7-8-16(12-3-1-2-4-12)10-13(17)15-9-11-5-6-11/h11-12H,1-6,8-10H2,(H,15,17). The first-order valence-corrected chi connectivity index (χ1v) is 6.67. The summed E-state index contributed by atoms with van der Waals surface area (Å²) in [5.41, 5.74) is 0. The Morgan fingerprint density at radius 1 is 1.29 bits per heavy atom. The molecule has 0 aromatic rings. The predicted octanol–water partition coefficient (Wildman–Crippen LogP) is 1.28. The van der Waals surface area contributed by atoms with Crippen LogP contribution in [-0.2, 0) is 4.79 Å². The largest absolute Gasteiger partial charge is 0.355 e. The van der Waals surface area contributed by atoms with Crippen LogP contribution >= 0.6 is 0 Å². The average Bonchev–Trinajstić information content (AvgIpc) is 2.99. The minimum atomic E-state index is 0.0825. The summed E-state index contributed by atoms with van der Waals surface area (Å²) in [6.45, 7) is 1.59. The Kier molecular flexibility index (Phi) is 4.38. The summed E-state index contributed by atoms with van der Waals surface area (Å²) in [6.07, 6.45) is 7.25. The normalized spacial score (nSPS) is 20.5. The second-order valence-electron chi connectivity index (χ2n) is 5.25. The lowest BCUT2D eigenvalue weighted by molar-refractivity contribution is -0.122. The molecule has 2 aliphatic carbocycles. The first-order valence-electron chi connectivity index (χ1n) is 6.67. The van der Waals surface area contributed by atoms with Crippen molar-refractivity contribution < 1.29 is 4.79 Å². The van der Waals surface area contributed by atoms with E-state index in [4.69, 9.17) is 5.26 Å². The molecule has 0 aromatic carbocycles. The van der Waals surface area contributed by atoms with E-state index in [9.17, 15) is 4.79 Å². The molecule has 0 aromatic heterocycles. The highest BCUT2D eigenvalue weighted by molar-refractivity contribution is 5.78. The molecule has 4 nitrogen and oxygen atoms in total. The van der Waals surface area contributed by atoms with Crippen molar-refractivity contribution in [1.82, 2.24) is 10.2 Å². The van der Waals surface area contributed by atoms with E-state index in [0.717, 1.165) is 25.3 Å². The zero-order valence-electron chi connectivity index (χ0n) is 10.3. The maximum atomic E-state index is 11.8. The Bertz CT molecular complexity index is 300. The van der Waals surface area contributed by atoms with Crippen LogP contribution in [0, 0.1) is 17.2 Å². The van der Waals surface area contributed by atoms with E-state index in [-0.39, 0.29) is 5.91 Å². The van der Waals surface area contributed by atoms with Gasteiger partial charge < -0.3 is 5.32 Å². The van der Waals surface area contributed by atoms with Crippen molar-refractivity contribution in [3.05, 3.63) is 0 Å². The fourth-order valence-electron chi connectivity index (χ4n) is 2.49. The maximum absolute atomic E-state index is 11.8. The molecule has 1 N–H and O–H groups in total. The van der Waals surface area contributed by atoms with E-state index >= 15 is 0 Å². The van der Waals surface area contributed by atoms with Crippen LogP contribution in [0.3, 0.4) is 0 Å². The third-order valence-corrected chi connectivity index (χ3v) is 3.75. The van der Waals surface area contributed by atoms with Gasteiger partial charge >= 0.3 is 0 Å². The van der Waals surface area contributed by atoms with Crippen molar-refractivity contribution in [3.8, 4) is 6.07 Å². The molecule has 2 rings (SSSR count). The fraction of sp³-hybridized carbons (Fsp3) is 0.846. The van der Waals surface area contributed by atoms with Crippen molar-refractivity contribution in [3.63, 3.8) is 0 Å². The van der Waals surface area contributed by atoms with Gasteiger partial charge in [-0.1, -0.05) is 12.8 Å². The molecule has 0 atom stereocenters. The number of hydrogen-bond donors (Lipinski definition) is 1. The number of carbonyl (C=O) groups excluding carboxylic acids is 1. The second kappa shape index (κ2) is 6.02. The smallest absolute Gasteiger partial charge is 0.234 e. The number of nitriles is 1. The molecular weight excluding hydrogens is 214 g/mol. The number of carbonyl (C=O) groups is 1. The highest BCUT2D eigenvalue weighted by Crippen LogP contribution is 2.27. The molecule has 4 heteroatoms. The van der Waals surface area contributed by atoms with E-state index in [1.807, 2.05) is 4.90 Å². The van der Waals surface area contributed by atoms with E-state index in [0.29, 0.717) is 19.1 Å². The first kappa shape index (κ1) is 12.4. The first-order chi connectivity index (χ1) is 8.29. The Morgan fingerprint density at radius 3 is 2.59 bits per heavy atom. The van der Waals surface area contributed by atoms with Crippen LogP contribution in [0.4, 0.5) is 0 Å². The van der Waals surface area contributed by atoms with Gasteiger partial charge in [0.05, 0.1) is 19.2 Å². The van der Waals surface area contributed by atoms with E-state index < -0.39 is 0 Å². The summed E-state index contributed by atoms with van der Waals surface area (Å²) in [5.74, 6) is 0.800. The van der Waals surface area contributed by atoms with Crippen LogP contribution in [0.2, 0.25) is 0 Å². The van der Waals surface area contributed by atoms with Crippen molar-refractivity contribution in [2.24, 2.45) is 5.92 Å². The number of amides is 1. The molecule has 2 fully saturated rings. The Morgan fingerprint density at radius 2 is 2.00 bits per heavy atom. The molecular formula is C13H21N3O. The molecule has 94 valence electrons. The molecule has 2 aliphatic rings. The second-order valence-corrected chi connectivity index (χ2v) is 5.25. The zero-order chi connectivity index (χ0) is 12.1. The maximum Gasteiger partial charge on any atom is 0.234 e. The molecule has 0 saturated heterocycles. The summed E-state index contributed by atoms with van der Waals surface area (Å²) in [7, 11) is 0. The number of nitrogens with zero attached hydrogens (tertiary/aromatic N) is 2. The number of hydrogen-bond acceptors (Lipinski definition) is 3. The number of nitrogens with one attached hydrogen (secondary N) is 1. The summed E-state index contributed by atoms with van der Waals surface area (Å²) in [6, 6.07) is 2.62. The minimum Gasteiger partial charge on any atom is -0.355 e. The van der Waals surface area contributed by atoms with E-state index in [2.05, 4.69) is 11.4 Å². The summed E-state index contributed by atoms with van der Waals surface area (Å²) < 4.78 is 0. The molecule has 2 saturated carbocycles. The molecule has 0 bridgehead atoms. The van der Waals surface area contributed by atoms with Crippen LogP contribution in [0.5, 0.6) is 0 Å². The van der Waals surface area contributed by atoms with Crippen LogP contribution in [0.15, 0.2) is 0 Å². The third kappa shape index (κ3) is 4.01. The molecule has 17 heavy (non-hydrogen) atoms. The van der Waals surface area contributed by atoms with Gasteiger partial charge in [0.2, 0.25) is 5.91 Å². The third-order valence-electron chi connectivity index (χ3n) is 3.75. The van der Waals surface area contributed by atoms with Gasteiger partial charge in [0, 0.05) is 12.6 Å². The topological polar surface area (TPSA) is 56.1 Å². The van der Waals surface area contributed by atoms with Gasteiger partial charge in [-0.3, -0.25) is 9.69 Å². The Balaban J connectivity index is 1.74. The van der Waals surface area contributed by atoms with Crippen LogP contribution < -0.4 is 5.32 Å². The van der Waals surface area contributed by atoms with Crippen molar-refractivity contribution >= 4 is 5.91 Å². The summed E-state index contributed by atoms with van der Waals surface area (Å²) in [4.78, 5) is 13.8. The highest BCUT2D eigenvalue weighted by atomic mass is 16.2. The van der Waals surface area contributed by atoms with Gasteiger partial charge in [0.25, 0.3) is 0 Å². The van der Waals surface area contributed by atoms with Gasteiger partial charge in [-0.25, -0.2) is 0 Å². The quantitative estimate of drug-likeness (QED) is 0.706. The zero-order valence-corrected chi connectivity index (χ0v) is 10.3. The molecule has 0 aliphatic heterocycles. The molecule has 1 amide bonds. The molecule has 0 unspecified atom stereocenters.